The minimum absolute atomic E-state index is 0.0911. The number of nitrogens with zero attached hydrogens (tertiary/aromatic N) is 1. The number of carbonyl (C=O) groups excluding carboxylic acids is 2. The van der Waals surface area contributed by atoms with Gasteiger partial charge in [0.1, 0.15) is 0 Å². The lowest BCUT2D eigenvalue weighted by atomic mass is 10.0. The normalized spacial score (nSPS) is 21.9. The third kappa shape index (κ3) is 3.21. The molecule has 0 unspecified atom stereocenters. The molecule has 8 heteroatoms. The molecule has 2 heterocycles. The molecular formula is C16H19NO5S2. The summed E-state index contributed by atoms with van der Waals surface area (Å²) in [5.41, 5.74) is 0.686. The molecule has 6 nitrogen and oxygen atoms in total. The number of fused-ring (bicyclic) bond motifs is 1. The van der Waals surface area contributed by atoms with Crippen molar-refractivity contribution in [3.63, 3.8) is 0 Å². The molecule has 1 saturated heterocycles. The Morgan fingerprint density at radius 2 is 1.62 bits per heavy atom. The Morgan fingerprint density at radius 3 is 2.12 bits per heavy atom. The predicted molar refractivity (Wildman–Crippen MR) is 93.2 cm³/mol. The number of thioether (sulfide) groups is 2. The van der Waals surface area contributed by atoms with Crippen molar-refractivity contribution in [1.29, 1.82) is 0 Å². The molecule has 3 rings (SSSR count). The highest BCUT2D eigenvalue weighted by Gasteiger charge is 2.46. The van der Waals surface area contributed by atoms with Gasteiger partial charge in [-0.25, -0.2) is 0 Å². The van der Waals surface area contributed by atoms with Crippen LogP contribution in [0.5, 0.6) is 0 Å². The van der Waals surface area contributed by atoms with Gasteiger partial charge in [-0.2, -0.15) is 0 Å². The molecular weight excluding hydrogens is 350 g/mol. The average molecular weight is 369 g/mol. The Hall–Kier alpha value is -1.06. The smallest absolute Gasteiger partial charge is 0.261 e. The van der Waals surface area contributed by atoms with Gasteiger partial charge < -0.3 is 15.3 Å². The van der Waals surface area contributed by atoms with Gasteiger partial charge >= 0.3 is 0 Å². The molecule has 1 fully saturated rings. The number of amides is 2. The van der Waals surface area contributed by atoms with E-state index in [4.69, 9.17) is 5.11 Å². The van der Waals surface area contributed by atoms with Gasteiger partial charge in [0.25, 0.3) is 11.8 Å². The number of rotatable bonds is 6. The highest BCUT2D eigenvalue weighted by Crippen LogP contribution is 2.40. The molecule has 130 valence electrons. The topological polar surface area (TPSA) is 98.1 Å². The summed E-state index contributed by atoms with van der Waals surface area (Å²) >= 11 is 3.19. The van der Waals surface area contributed by atoms with Crippen molar-refractivity contribution in [2.75, 3.05) is 18.1 Å². The first-order chi connectivity index (χ1) is 11.5. The third-order valence-electron chi connectivity index (χ3n) is 4.17. The number of aliphatic hydroxyl groups is 3. The fourth-order valence-corrected chi connectivity index (χ4v) is 6.22. The Kier molecular flexibility index (Phi) is 5.51. The first-order valence-electron chi connectivity index (χ1n) is 7.71. The second-order valence-electron chi connectivity index (χ2n) is 5.77. The van der Waals surface area contributed by atoms with Crippen LogP contribution in [0.4, 0.5) is 0 Å². The molecule has 0 bridgehead atoms. The minimum atomic E-state index is -1.10. The van der Waals surface area contributed by atoms with Gasteiger partial charge in [-0.15, -0.1) is 23.5 Å². The minimum Gasteiger partial charge on any atom is -0.394 e. The van der Waals surface area contributed by atoms with E-state index < -0.39 is 36.7 Å². The maximum absolute atomic E-state index is 12.7. The molecule has 0 aliphatic carbocycles. The van der Waals surface area contributed by atoms with Crippen LogP contribution >= 0.6 is 23.5 Å². The van der Waals surface area contributed by atoms with E-state index in [-0.39, 0.29) is 11.0 Å². The van der Waals surface area contributed by atoms with Crippen LogP contribution in [0.2, 0.25) is 0 Å². The predicted octanol–water partition coefficient (Wildman–Crippen LogP) is 0.561. The lowest BCUT2D eigenvalue weighted by Gasteiger charge is -2.34. The average Bonchev–Trinajstić information content (AvgIpc) is 3.19. The fourth-order valence-electron chi connectivity index (χ4n) is 3.02. The standard InChI is InChI=1S/C16H19NO5S2/c18-8-9(19)7-12(20)13(16-23-5-6-24-16)17-14(21)10-3-1-2-4-11(10)15(17)22/h1-4,9,12-13,16,18-20H,5-8H2/t9-,12-,13+/m0/s1. The highest BCUT2D eigenvalue weighted by molar-refractivity contribution is 8.20. The van der Waals surface area contributed by atoms with Crippen molar-refractivity contribution >= 4 is 35.3 Å². The van der Waals surface area contributed by atoms with Crippen LogP contribution in [0, 0.1) is 0 Å². The van der Waals surface area contributed by atoms with Crippen LogP contribution < -0.4 is 0 Å². The number of hydrogen-bond acceptors (Lipinski definition) is 7. The van der Waals surface area contributed by atoms with Crippen LogP contribution in [0.1, 0.15) is 27.1 Å². The zero-order valence-electron chi connectivity index (χ0n) is 12.9. The summed E-state index contributed by atoms with van der Waals surface area (Å²) in [6.07, 6.45) is -2.28. The van der Waals surface area contributed by atoms with Crippen LogP contribution in [0.3, 0.4) is 0 Å². The molecule has 3 atom stereocenters. The summed E-state index contributed by atoms with van der Waals surface area (Å²) < 4.78 is -0.145. The van der Waals surface area contributed by atoms with E-state index in [1.165, 1.54) is 0 Å². The second-order valence-corrected chi connectivity index (χ2v) is 8.56. The molecule has 2 aliphatic rings. The Balaban J connectivity index is 1.91. The zero-order valence-corrected chi connectivity index (χ0v) is 14.5. The molecule has 3 N–H and O–H groups in total. The maximum Gasteiger partial charge on any atom is 0.261 e. The molecule has 0 spiro atoms. The molecule has 2 aliphatic heterocycles. The Bertz CT molecular complexity index is 600. The molecule has 0 radical (unpaired) electrons. The van der Waals surface area contributed by atoms with Crippen molar-refractivity contribution < 1.29 is 24.9 Å². The lowest BCUT2D eigenvalue weighted by molar-refractivity contribution is 0.00549. The van der Waals surface area contributed by atoms with Crippen LogP contribution in [-0.4, -0.2) is 73.0 Å². The summed E-state index contributed by atoms with van der Waals surface area (Å²) in [4.78, 5) is 26.6. The van der Waals surface area contributed by atoms with E-state index in [1.54, 1.807) is 47.8 Å². The maximum atomic E-state index is 12.7. The Morgan fingerprint density at radius 1 is 1.08 bits per heavy atom. The van der Waals surface area contributed by atoms with Crippen molar-refractivity contribution in [2.24, 2.45) is 0 Å². The number of hydrogen-bond donors (Lipinski definition) is 3. The summed E-state index contributed by atoms with van der Waals surface area (Å²) in [7, 11) is 0. The van der Waals surface area contributed by atoms with Gasteiger partial charge in [-0.3, -0.25) is 14.5 Å². The van der Waals surface area contributed by atoms with Crippen molar-refractivity contribution in [3.8, 4) is 0 Å². The summed E-state index contributed by atoms with van der Waals surface area (Å²) in [5.74, 6) is 0.937. The monoisotopic (exact) mass is 369 g/mol. The number of aliphatic hydroxyl groups excluding tert-OH is 3. The first kappa shape index (κ1) is 17.8. The van der Waals surface area contributed by atoms with E-state index in [0.717, 1.165) is 16.4 Å². The van der Waals surface area contributed by atoms with Crippen LogP contribution in [0.15, 0.2) is 24.3 Å². The third-order valence-corrected chi connectivity index (χ3v) is 7.34. The number of benzene rings is 1. The number of imide groups is 1. The molecule has 24 heavy (non-hydrogen) atoms. The van der Waals surface area contributed by atoms with Gasteiger partial charge in [-0.05, 0) is 12.1 Å². The van der Waals surface area contributed by atoms with E-state index in [1.807, 2.05) is 0 Å². The van der Waals surface area contributed by atoms with Gasteiger partial charge in [0.15, 0.2) is 0 Å². The molecule has 0 aromatic heterocycles. The first-order valence-corrected chi connectivity index (χ1v) is 9.81. The van der Waals surface area contributed by atoms with Gasteiger partial charge in [-0.1, -0.05) is 12.1 Å². The molecule has 0 saturated carbocycles. The van der Waals surface area contributed by atoms with Crippen molar-refractivity contribution in [3.05, 3.63) is 35.4 Å². The SMILES string of the molecule is O=C1c2ccccc2C(=O)N1[C@@H](C1SCCS1)[C@@H](O)C[C@H](O)CO. The largest absolute Gasteiger partial charge is 0.394 e. The highest BCUT2D eigenvalue weighted by atomic mass is 32.2. The second kappa shape index (κ2) is 7.45. The van der Waals surface area contributed by atoms with Gasteiger partial charge in [0.2, 0.25) is 0 Å². The van der Waals surface area contributed by atoms with Crippen molar-refractivity contribution in [2.45, 2.75) is 29.3 Å². The van der Waals surface area contributed by atoms with E-state index in [9.17, 15) is 19.8 Å². The quantitative estimate of drug-likeness (QED) is 0.630. The van der Waals surface area contributed by atoms with Crippen molar-refractivity contribution in [1.82, 2.24) is 4.90 Å². The van der Waals surface area contributed by atoms with E-state index in [2.05, 4.69) is 0 Å². The van der Waals surface area contributed by atoms with Gasteiger partial charge in [0, 0.05) is 17.9 Å². The summed E-state index contributed by atoms with van der Waals surface area (Å²) in [5, 5.41) is 29.3. The molecule has 1 aromatic carbocycles. The fraction of sp³-hybridized carbons (Fsp3) is 0.500. The van der Waals surface area contributed by atoms with Crippen LogP contribution in [0.25, 0.3) is 0 Å². The Labute approximate surface area is 148 Å². The summed E-state index contributed by atoms with van der Waals surface area (Å²) in [6.45, 7) is -0.475. The van der Waals surface area contributed by atoms with Crippen LogP contribution in [-0.2, 0) is 0 Å². The van der Waals surface area contributed by atoms with E-state index in [0.29, 0.717) is 11.1 Å². The van der Waals surface area contributed by atoms with E-state index >= 15 is 0 Å². The summed E-state index contributed by atoms with van der Waals surface area (Å²) in [6, 6.07) is 5.88. The molecule has 2 amide bonds. The number of carbonyl (C=O) groups is 2. The lowest BCUT2D eigenvalue weighted by Crippen LogP contribution is -2.52. The molecule has 1 aromatic rings. The van der Waals surface area contributed by atoms with Gasteiger partial charge in [0.05, 0.1) is 40.6 Å². The zero-order chi connectivity index (χ0) is 17.3.